The summed E-state index contributed by atoms with van der Waals surface area (Å²) in [5.41, 5.74) is 17.9. The third kappa shape index (κ3) is 27.7. The number of H-pyrrole nitrogens is 2. The number of para-hydroxylation sites is 1. The second kappa shape index (κ2) is 40.3. The zero-order chi connectivity index (χ0) is 76.3. The molecule has 33 nitrogen and oxygen atoms in total. The molecule has 2 aliphatic heterocycles. The summed E-state index contributed by atoms with van der Waals surface area (Å²) in [5, 5.41) is 48.7. The first-order valence-corrected chi connectivity index (χ1v) is 35.6. The zero-order valence-electron chi connectivity index (χ0n) is 59.9. The number of aromatic nitrogens is 3. The lowest BCUT2D eigenvalue weighted by Gasteiger charge is -2.30. The molecule has 2 aromatic heterocycles. The predicted molar refractivity (Wildman–Crippen MR) is 388 cm³/mol. The fraction of sp³-hybridized carbons (Fsp3) is 0.571. The summed E-state index contributed by atoms with van der Waals surface area (Å²) in [4.78, 5) is 182. The van der Waals surface area contributed by atoms with E-state index in [4.69, 9.17) is 21.9 Å². The topological polar surface area (TPSA) is 513 Å². The van der Waals surface area contributed by atoms with Gasteiger partial charge in [-0.1, -0.05) is 58.0 Å². The third-order valence-corrected chi connectivity index (χ3v) is 17.9. The zero-order valence-corrected chi connectivity index (χ0v) is 60.8. The fourth-order valence-electron chi connectivity index (χ4n) is 11.9. The van der Waals surface area contributed by atoms with E-state index in [2.05, 4.69) is 85.7 Å². The van der Waals surface area contributed by atoms with Crippen LogP contribution in [0.1, 0.15) is 142 Å². The first kappa shape index (κ1) is 83.1. The number of benzene rings is 2. The van der Waals surface area contributed by atoms with E-state index in [1.807, 2.05) is 27.7 Å². The van der Waals surface area contributed by atoms with E-state index >= 15 is 9.59 Å². The Labute approximate surface area is 609 Å². The van der Waals surface area contributed by atoms with Crippen LogP contribution >= 0.6 is 12.6 Å². The standard InChI is InChI=1S/C70H104N18O15S/c1-40(2)31-50(61(96)82-49(16-11-28-76-68(72)73)67(102)88-29-12-17-55(88)66(101)78-37-56(71)91)83-59(94)47(15-9-10-27-75-57(92)24-25-69(3,4)103-30-26-70(5,6)104)81-62(97)51(32-41-18-20-44(90)21-19-41)84-65(100)54(38-89)87-63(98)52(33-42-35-77-46-14-8-7-13-45(42)46)85-64(99)53(34-43-36-74-39-79-43)86-60(95)48-22-23-58(93)80-48/h7-8,13-14,18-21,35-36,39-40,47-55,77,89-90,104H,9-12,15-17,22-34,37-38H2,1-6H3,(H2,71,91)(H,74,79)(H,75,92)(H,78,101)(H,80,93)(H,81,97)(H,82,96)(H,83,94)(H,84,100)(H,85,99)(H,86,95)(H,87,98)(H4,72,73,76)/t47?,48?,49-,50?,51?,52?,53-,54-,55?/m0/s1. The van der Waals surface area contributed by atoms with Crippen LogP contribution < -0.4 is 70.4 Å². The van der Waals surface area contributed by atoms with Gasteiger partial charge in [0.25, 0.3) is 0 Å². The van der Waals surface area contributed by atoms with Gasteiger partial charge in [-0.05, 0) is 120 Å². The van der Waals surface area contributed by atoms with Crippen molar-refractivity contribution in [2.24, 2.45) is 28.1 Å². The lowest BCUT2D eigenvalue weighted by atomic mass is 10.00. The summed E-state index contributed by atoms with van der Waals surface area (Å²) in [6.45, 7) is 10.6. The Kier molecular flexibility index (Phi) is 32.2. The number of aromatic amines is 2. The van der Waals surface area contributed by atoms with Crippen LogP contribution in [0.2, 0.25) is 0 Å². The number of carbonyl (C=O) groups is 12. The van der Waals surface area contributed by atoms with Crippen LogP contribution in [-0.2, 0) is 81.5 Å². The Bertz CT molecular complexity index is 3610. The van der Waals surface area contributed by atoms with Gasteiger partial charge in [0.1, 0.15) is 60.1 Å². The summed E-state index contributed by atoms with van der Waals surface area (Å²) < 4.78 is 5.82. The van der Waals surface area contributed by atoms with Crippen molar-refractivity contribution >= 4 is 100 Å². The molecule has 0 spiro atoms. The number of aromatic hydroxyl groups is 1. The van der Waals surface area contributed by atoms with E-state index in [0.29, 0.717) is 53.6 Å². The van der Waals surface area contributed by atoms with Crippen LogP contribution in [0.3, 0.4) is 0 Å². The summed E-state index contributed by atoms with van der Waals surface area (Å²) >= 11 is 4.57. The SMILES string of the molecule is CC(C)CC(NC(=O)C(CCCCNC(=O)CCC(C)(C)OCCC(C)(C)S)NC(=O)C(Cc1ccc(O)cc1)NC(=O)[C@H](CO)NC(=O)C(Cc1c[nH]c2ccccc12)NC(=O)[C@H](Cc1cnc[nH]1)NC(=O)C1CCC(=O)N1)C(=O)N[C@@H](CCCN=C(N)N)C(=O)N1CCCC1C(=O)NCC(N)=O. The number of imidazole rings is 1. The van der Waals surface area contributed by atoms with Crippen molar-refractivity contribution in [3.8, 4) is 5.75 Å². The van der Waals surface area contributed by atoms with Gasteiger partial charge in [0.05, 0.1) is 25.1 Å². The monoisotopic (exact) mass is 1470 g/mol. The molecule has 4 heterocycles. The smallest absolute Gasteiger partial charge is 0.245 e. The second-order valence-electron chi connectivity index (χ2n) is 28.0. The van der Waals surface area contributed by atoms with E-state index in [9.17, 15) is 58.2 Å². The molecule has 4 aromatic rings. The van der Waals surface area contributed by atoms with Crippen LogP contribution in [0.25, 0.3) is 10.9 Å². The molecule has 20 N–H and O–H groups in total. The number of phenolic OH excluding ortho intramolecular Hbond substituents is 1. The number of thiol groups is 1. The van der Waals surface area contributed by atoms with Crippen molar-refractivity contribution in [1.29, 1.82) is 0 Å². The molecule has 34 heteroatoms. The van der Waals surface area contributed by atoms with Crippen molar-refractivity contribution in [2.45, 2.75) is 209 Å². The molecule has 0 bridgehead atoms. The van der Waals surface area contributed by atoms with E-state index in [1.165, 1.54) is 41.7 Å². The Morgan fingerprint density at radius 2 is 1.33 bits per heavy atom. The Hall–Kier alpha value is -9.83. The molecular weight excluding hydrogens is 1360 g/mol. The Balaban J connectivity index is 1.27. The number of nitrogens with one attached hydrogen (secondary N) is 12. The maximum absolute atomic E-state index is 15.1. The minimum Gasteiger partial charge on any atom is -0.508 e. The van der Waals surface area contributed by atoms with Gasteiger partial charge in [0.15, 0.2) is 5.96 Å². The fourth-order valence-corrected chi connectivity index (χ4v) is 12.0. The van der Waals surface area contributed by atoms with Crippen molar-refractivity contribution in [3.63, 3.8) is 0 Å². The molecule has 2 aromatic carbocycles. The van der Waals surface area contributed by atoms with Crippen LogP contribution in [0.15, 0.2) is 72.2 Å². The van der Waals surface area contributed by atoms with Gasteiger partial charge >= 0.3 is 0 Å². The maximum Gasteiger partial charge on any atom is 0.245 e. The normalized spacial score (nSPS) is 16.5. The number of hydrogen-bond acceptors (Lipinski definition) is 18. The van der Waals surface area contributed by atoms with Crippen LogP contribution in [0.4, 0.5) is 0 Å². The number of amides is 12. The number of rotatable bonds is 43. The first-order valence-electron chi connectivity index (χ1n) is 35.2. The largest absolute Gasteiger partial charge is 0.508 e. The van der Waals surface area contributed by atoms with E-state index in [1.54, 1.807) is 44.3 Å². The van der Waals surface area contributed by atoms with Gasteiger partial charge in [0, 0.05) is 92.1 Å². The van der Waals surface area contributed by atoms with Crippen LogP contribution in [0, 0.1) is 5.92 Å². The Morgan fingerprint density at radius 3 is 1.96 bits per heavy atom. The number of ether oxygens (including phenoxy) is 1. The maximum atomic E-state index is 15.1. The molecule has 0 radical (unpaired) electrons. The number of guanidine groups is 1. The predicted octanol–water partition coefficient (Wildman–Crippen LogP) is -1.06. The van der Waals surface area contributed by atoms with Crippen molar-refractivity contribution in [1.82, 2.24) is 73.0 Å². The number of hydrogen-bond donors (Lipinski definition) is 18. The molecule has 0 saturated carbocycles. The molecule has 6 unspecified atom stereocenters. The number of nitrogens with two attached hydrogens (primary N) is 3. The van der Waals surface area contributed by atoms with Gasteiger partial charge in [0.2, 0.25) is 70.9 Å². The van der Waals surface area contributed by atoms with Gasteiger partial charge in [-0.15, -0.1) is 0 Å². The summed E-state index contributed by atoms with van der Waals surface area (Å²) in [7, 11) is 0. The average Bonchev–Trinajstić information content (AvgIpc) is 1.61. The van der Waals surface area contributed by atoms with Crippen LogP contribution in [0.5, 0.6) is 5.75 Å². The van der Waals surface area contributed by atoms with Crippen molar-refractivity contribution in [3.05, 3.63) is 84.1 Å². The number of aliphatic hydroxyl groups excluding tert-OH is 1. The molecule has 0 aliphatic carbocycles. The third-order valence-electron chi connectivity index (χ3n) is 17.7. The molecule has 104 heavy (non-hydrogen) atoms. The second-order valence-corrected chi connectivity index (χ2v) is 29.2. The molecule has 9 atom stereocenters. The number of phenols is 1. The average molecular weight is 1470 g/mol. The first-order chi connectivity index (χ1) is 49.3. The van der Waals surface area contributed by atoms with Gasteiger partial charge < -0.3 is 100 Å². The lowest BCUT2D eigenvalue weighted by Crippen LogP contribution is -2.61. The summed E-state index contributed by atoms with van der Waals surface area (Å²) in [6.07, 6.45) is 6.48. The number of carbonyl (C=O) groups excluding carboxylic acids is 12. The molecule has 6 rings (SSSR count). The van der Waals surface area contributed by atoms with E-state index in [0.717, 1.165) is 0 Å². The highest BCUT2D eigenvalue weighted by atomic mass is 32.1. The number of fused-ring (bicyclic) bond motifs is 1. The van der Waals surface area contributed by atoms with Crippen LogP contribution in [-0.4, -0.2) is 211 Å². The molecule has 2 saturated heterocycles. The number of aliphatic hydroxyl groups is 1. The minimum atomic E-state index is -1.82. The summed E-state index contributed by atoms with van der Waals surface area (Å²) in [5.74, 6) is -9.49. The van der Waals surface area contributed by atoms with E-state index in [-0.39, 0.29) is 137 Å². The van der Waals surface area contributed by atoms with Crippen molar-refractivity contribution < 1.29 is 72.5 Å². The highest BCUT2D eigenvalue weighted by Crippen LogP contribution is 2.25. The number of nitrogens with zero attached hydrogens (tertiary/aromatic N) is 3. The number of likely N-dealkylation sites (tertiary alicyclic amines) is 1. The molecular formula is C70H104N18O15S. The number of unbranched alkanes of at least 4 members (excludes halogenated alkanes) is 1. The Morgan fingerprint density at radius 1 is 0.712 bits per heavy atom. The molecule has 570 valence electrons. The number of aliphatic imine (C=N–C) groups is 1. The quantitative estimate of drug-likeness (QED) is 0.0109. The number of primary amides is 1. The summed E-state index contributed by atoms with van der Waals surface area (Å²) in [6, 6.07) is 0.411. The molecule has 2 fully saturated rings. The van der Waals surface area contributed by atoms with Gasteiger partial charge in [-0.3, -0.25) is 62.5 Å². The van der Waals surface area contributed by atoms with E-state index < -0.39 is 132 Å². The molecule has 2 aliphatic rings. The lowest BCUT2D eigenvalue weighted by molar-refractivity contribution is -0.142. The van der Waals surface area contributed by atoms with Gasteiger partial charge in [-0.2, -0.15) is 12.6 Å². The highest BCUT2D eigenvalue weighted by Gasteiger charge is 2.40. The van der Waals surface area contributed by atoms with Gasteiger partial charge in [-0.25, -0.2) is 4.98 Å². The highest BCUT2D eigenvalue weighted by molar-refractivity contribution is 7.81. The van der Waals surface area contributed by atoms with Crippen molar-refractivity contribution in [2.75, 3.05) is 39.4 Å². The molecule has 12 amide bonds. The minimum absolute atomic E-state index is 0.000175.